The van der Waals surface area contributed by atoms with Crippen LogP contribution >= 0.6 is 0 Å². The highest BCUT2D eigenvalue weighted by molar-refractivity contribution is 6.00. The molecule has 11 heteroatoms. The van der Waals surface area contributed by atoms with Crippen molar-refractivity contribution in [3.05, 3.63) is 105 Å². The Kier molecular flexibility index (Phi) is 9.95. The molecule has 1 heterocycles. The standard InChI is InChI=1S/C29H32N6O5/c1-38-26-10-5-4-9-24(26)19-31-34-28(37)29(17-22-7-2-3-8-23(22)18-32-35-30)20-40-27(33-29)21-11-13-25(14-12-21)39-16-6-15-36/h2-5,7-14,31,36H,6,15-20H2,1H3,(H,34,37)/t29-/m0/s1. The van der Waals surface area contributed by atoms with E-state index in [-0.39, 0.29) is 32.1 Å². The van der Waals surface area contributed by atoms with Gasteiger partial charge in [-0.05, 0) is 47.0 Å². The number of methoxy groups -OCH3 is 1. The third-order valence-electron chi connectivity index (χ3n) is 6.44. The smallest absolute Gasteiger partial charge is 0.266 e. The first-order chi connectivity index (χ1) is 19.6. The first-order valence-corrected chi connectivity index (χ1v) is 12.9. The molecular formula is C29H32N6O5. The quantitative estimate of drug-likeness (QED) is 0.0922. The molecule has 0 aliphatic carbocycles. The minimum Gasteiger partial charge on any atom is -0.496 e. The highest BCUT2D eigenvalue weighted by atomic mass is 16.5. The molecule has 3 N–H and O–H groups in total. The van der Waals surface area contributed by atoms with Crippen molar-refractivity contribution in [1.82, 2.24) is 10.9 Å². The van der Waals surface area contributed by atoms with Crippen LogP contribution in [0.5, 0.6) is 11.5 Å². The summed E-state index contributed by atoms with van der Waals surface area (Å²) in [5.41, 5.74) is 16.6. The second-order valence-electron chi connectivity index (χ2n) is 9.14. The van der Waals surface area contributed by atoms with Gasteiger partial charge in [-0.1, -0.05) is 47.6 Å². The number of benzene rings is 3. The van der Waals surface area contributed by atoms with Crippen molar-refractivity contribution in [2.24, 2.45) is 10.1 Å². The lowest BCUT2D eigenvalue weighted by atomic mass is 9.89. The first kappa shape index (κ1) is 28.4. The van der Waals surface area contributed by atoms with Gasteiger partial charge in [-0.3, -0.25) is 10.2 Å². The van der Waals surface area contributed by atoms with E-state index in [1.54, 1.807) is 19.2 Å². The zero-order valence-corrected chi connectivity index (χ0v) is 22.2. The molecule has 4 rings (SSSR count). The van der Waals surface area contributed by atoms with Gasteiger partial charge in [0.2, 0.25) is 5.90 Å². The summed E-state index contributed by atoms with van der Waals surface area (Å²) in [7, 11) is 1.60. The van der Waals surface area contributed by atoms with Gasteiger partial charge in [-0.25, -0.2) is 10.4 Å². The van der Waals surface area contributed by atoms with E-state index in [1.807, 2.05) is 60.7 Å². The predicted octanol–water partition coefficient (Wildman–Crippen LogP) is 3.85. The van der Waals surface area contributed by atoms with Gasteiger partial charge in [0.15, 0.2) is 5.54 Å². The molecule has 3 aromatic rings. The number of ether oxygens (including phenoxy) is 3. The van der Waals surface area contributed by atoms with Gasteiger partial charge in [0.25, 0.3) is 5.91 Å². The summed E-state index contributed by atoms with van der Waals surface area (Å²) in [6, 6.07) is 22.2. The number of aliphatic imine (C=N–C) groups is 1. The van der Waals surface area contributed by atoms with Crippen LogP contribution in [0.2, 0.25) is 0 Å². The van der Waals surface area contributed by atoms with Gasteiger partial charge in [0, 0.05) is 42.0 Å². The van der Waals surface area contributed by atoms with E-state index < -0.39 is 5.54 Å². The van der Waals surface area contributed by atoms with E-state index in [1.165, 1.54) is 0 Å². The average molecular weight is 545 g/mol. The van der Waals surface area contributed by atoms with E-state index in [2.05, 4.69) is 20.9 Å². The summed E-state index contributed by atoms with van der Waals surface area (Å²) in [5.74, 6) is 1.35. The van der Waals surface area contributed by atoms with Crippen LogP contribution < -0.4 is 20.3 Å². The number of azide groups is 1. The summed E-state index contributed by atoms with van der Waals surface area (Å²) >= 11 is 0. The van der Waals surface area contributed by atoms with Gasteiger partial charge in [0.05, 0.1) is 20.3 Å². The number of hydrogen-bond donors (Lipinski definition) is 3. The normalized spacial score (nSPS) is 15.9. The predicted molar refractivity (Wildman–Crippen MR) is 150 cm³/mol. The lowest BCUT2D eigenvalue weighted by Crippen LogP contribution is -2.52. The topological polar surface area (TPSA) is 150 Å². The molecule has 208 valence electrons. The third kappa shape index (κ3) is 7.09. The lowest BCUT2D eigenvalue weighted by Gasteiger charge is -2.24. The van der Waals surface area contributed by atoms with Crippen molar-refractivity contribution in [3.8, 4) is 11.5 Å². The minimum absolute atomic E-state index is 0.0229. The Labute approximate surface area is 232 Å². The number of carbonyl (C=O) groups excluding carboxylic acids is 1. The van der Waals surface area contributed by atoms with Crippen LogP contribution in [0.15, 0.2) is 82.9 Å². The Bertz CT molecular complexity index is 1370. The molecule has 1 aliphatic rings. The number of amides is 1. The Balaban J connectivity index is 1.57. The summed E-state index contributed by atoms with van der Waals surface area (Å²) in [4.78, 5) is 21.4. The molecule has 0 aromatic heterocycles. The Hall–Kier alpha value is -4.57. The van der Waals surface area contributed by atoms with Gasteiger partial charge in [-0.15, -0.1) is 0 Å². The number of aliphatic hydroxyl groups is 1. The van der Waals surface area contributed by atoms with E-state index in [0.29, 0.717) is 42.5 Å². The maximum atomic E-state index is 13.7. The number of nitrogens with zero attached hydrogens (tertiary/aromatic N) is 4. The zero-order chi connectivity index (χ0) is 28.2. The third-order valence-corrected chi connectivity index (χ3v) is 6.44. The highest BCUT2D eigenvalue weighted by Gasteiger charge is 2.45. The molecule has 1 atom stereocenters. The fraction of sp³-hybridized carbons (Fsp3) is 0.310. The first-order valence-electron chi connectivity index (χ1n) is 12.9. The van der Waals surface area contributed by atoms with Gasteiger partial charge < -0.3 is 19.3 Å². The van der Waals surface area contributed by atoms with Gasteiger partial charge in [0.1, 0.15) is 18.1 Å². The van der Waals surface area contributed by atoms with E-state index in [9.17, 15) is 4.79 Å². The largest absolute Gasteiger partial charge is 0.496 e. The molecule has 0 saturated carbocycles. The van der Waals surface area contributed by atoms with Gasteiger partial charge in [-0.2, -0.15) is 0 Å². The number of rotatable bonds is 14. The molecular weight excluding hydrogens is 512 g/mol. The molecule has 0 unspecified atom stereocenters. The SMILES string of the molecule is COc1ccccc1CNNC(=O)[C@]1(Cc2ccccc2CN=[N+]=[N-])COC(c2ccc(OCCCO)cc2)=N1. The molecule has 0 saturated heterocycles. The highest BCUT2D eigenvalue weighted by Crippen LogP contribution is 2.29. The monoisotopic (exact) mass is 544 g/mol. The van der Waals surface area contributed by atoms with E-state index in [0.717, 1.165) is 16.7 Å². The number of carbonyl (C=O) groups is 1. The summed E-state index contributed by atoms with van der Waals surface area (Å²) in [5, 5.41) is 12.7. The Morgan fingerprint density at radius 2 is 1.82 bits per heavy atom. The number of hydrazine groups is 1. The van der Waals surface area contributed by atoms with E-state index in [4.69, 9.17) is 29.8 Å². The Morgan fingerprint density at radius 1 is 1.10 bits per heavy atom. The fourth-order valence-electron chi connectivity index (χ4n) is 4.32. The van der Waals surface area contributed by atoms with Crippen LogP contribution in [-0.2, 0) is 29.0 Å². The molecule has 1 amide bonds. The van der Waals surface area contributed by atoms with Crippen molar-refractivity contribution >= 4 is 11.8 Å². The zero-order valence-electron chi connectivity index (χ0n) is 22.2. The van der Waals surface area contributed by atoms with Crippen molar-refractivity contribution in [3.63, 3.8) is 0 Å². The molecule has 11 nitrogen and oxygen atoms in total. The second-order valence-corrected chi connectivity index (χ2v) is 9.14. The second kappa shape index (κ2) is 14.0. The molecule has 1 aliphatic heterocycles. The fourth-order valence-corrected chi connectivity index (χ4v) is 4.32. The van der Waals surface area contributed by atoms with Crippen LogP contribution in [0.25, 0.3) is 10.4 Å². The minimum atomic E-state index is -1.27. The number of para-hydroxylation sites is 1. The van der Waals surface area contributed by atoms with Gasteiger partial charge >= 0.3 is 0 Å². The van der Waals surface area contributed by atoms with Crippen LogP contribution in [-0.4, -0.2) is 49.4 Å². The molecule has 0 fully saturated rings. The number of nitrogens with one attached hydrogen (secondary N) is 2. The van der Waals surface area contributed by atoms with Crippen LogP contribution in [0.3, 0.4) is 0 Å². The molecule has 0 bridgehead atoms. The maximum Gasteiger partial charge on any atom is 0.266 e. The molecule has 40 heavy (non-hydrogen) atoms. The van der Waals surface area contributed by atoms with E-state index >= 15 is 0 Å². The van der Waals surface area contributed by atoms with Crippen molar-refractivity contribution in [2.45, 2.75) is 31.5 Å². The molecule has 0 spiro atoms. The molecule has 0 radical (unpaired) electrons. The van der Waals surface area contributed by atoms with Crippen LogP contribution in [0, 0.1) is 0 Å². The van der Waals surface area contributed by atoms with Crippen molar-refractivity contribution in [2.75, 3.05) is 26.9 Å². The van der Waals surface area contributed by atoms with Crippen LogP contribution in [0.4, 0.5) is 0 Å². The average Bonchev–Trinajstić information content (AvgIpc) is 3.42. The van der Waals surface area contributed by atoms with Crippen molar-refractivity contribution in [1.29, 1.82) is 0 Å². The summed E-state index contributed by atoms with van der Waals surface area (Å²) in [6.45, 7) is 0.996. The van der Waals surface area contributed by atoms with Crippen molar-refractivity contribution < 1.29 is 24.1 Å². The molecule has 3 aromatic carbocycles. The maximum absolute atomic E-state index is 13.7. The summed E-state index contributed by atoms with van der Waals surface area (Å²) in [6.07, 6.45) is 0.777. The Morgan fingerprint density at radius 3 is 2.55 bits per heavy atom. The number of hydrogen-bond acceptors (Lipinski definition) is 8. The number of aliphatic hydroxyl groups excluding tert-OH is 1. The lowest BCUT2D eigenvalue weighted by molar-refractivity contribution is -0.127. The van der Waals surface area contributed by atoms with Crippen LogP contribution in [0.1, 0.15) is 28.7 Å². The summed E-state index contributed by atoms with van der Waals surface area (Å²) < 4.78 is 17.0.